The molecule has 0 spiro atoms. The van der Waals surface area contributed by atoms with Gasteiger partial charge in [-0.15, -0.1) is 0 Å². The molecule has 7 heteroatoms. The topological polar surface area (TPSA) is 61.7 Å². The Hall–Kier alpha value is -1.89. The number of carbonyl (C=O) groups is 2. The molecular formula is C18H29N5O2. The molecule has 4 heterocycles. The van der Waals surface area contributed by atoms with Crippen LogP contribution in [0.2, 0.25) is 0 Å². The van der Waals surface area contributed by atoms with Gasteiger partial charge in [0.25, 0.3) is 0 Å². The van der Waals surface area contributed by atoms with Gasteiger partial charge in [0.1, 0.15) is 0 Å². The van der Waals surface area contributed by atoms with E-state index in [0.717, 1.165) is 38.2 Å². The number of piperidine rings is 1. The van der Waals surface area contributed by atoms with E-state index in [0.29, 0.717) is 25.4 Å². The third kappa shape index (κ3) is 4.21. The molecule has 1 aromatic heterocycles. The second-order valence-corrected chi connectivity index (χ2v) is 7.57. The summed E-state index contributed by atoms with van der Waals surface area (Å²) in [5.74, 6) is 0.822. The van der Waals surface area contributed by atoms with Gasteiger partial charge >= 0.3 is 0 Å². The number of aromatic nitrogens is 2. The second-order valence-electron chi connectivity index (χ2n) is 7.57. The monoisotopic (exact) mass is 347 g/mol. The van der Waals surface area contributed by atoms with E-state index in [-0.39, 0.29) is 17.9 Å². The Balaban J connectivity index is 1.59. The lowest BCUT2D eigenvalue weighted by Gasteiger charge is -2.36. The summed E-state index contributed by atoms with van der Waals surface area (Å²) in [6, 6.07) is 2.19. The lowest BCUT2D eigenvalue weighted by molar-refractivity contribution is -0.135. The van der Waals surface area contributed by atoms with Crippen LogP contribution < -0.4 is 0 Å². The molecule has 3 saturated heterocycles. The smallest absolute Gasteiger partial charge is 0.236 e. The Bertz CT molecular complexity index is 627. The number of carbonyl (C=O) groups excluding carboxylic acids is 2. The van der Waals surface area contributed by atoms with Crippen molar-refractivity contribution in [3.05, 3.63) is 18.0 Å². The van der Waals surface area contributed by atoms with Crippen LogP contribution in [-0.2, 0) is 16.1 Å². The summed E-state index contributed by atoms with van der Waals surface area (Å²) < 4.78 is 1.88. The number of aryl methyl sites for hydroxylation is 2. The zero-order chi connectivity index (χ0) is 18.0. The summed E-state index contributed by atoms with van der Waals surface area (Å²) in [7, 11) is 3.59. The van der Waals surface area contributed by atoms with Gasteiger partial charge in [-0.3, -0.25) is 19.2 Å². The van der Waals surface area contributed by atoms with Crippen LogP contribution in [0.5, 0.6) is 0 Å². The highest BCUT2D eigenvalue weighted by Gasteiger charge is 2.37. The molecule has 3 fully saturated rings. The zero-order valence-corrected chi connectivity index (χ0v) is 15.5. The summed E-state index contributed by atoms with van der Waals surface area (Å²) in [6.07, 6.45) is 4.46. The summed E-state index contributed by atoms with van der Waals surface area (Å²) in [5, 5.41) is 4.26. The van der Waals surface area contributed by atoms with Crippen molar-refractivity contribution in [2.75, 3.05) is 40.3 Å². The Morgan fingerprint density at radius 3 is 2.72 bits per heavy atom. The van der Waals surface area contributed by atoms with Gasteiger partial charge in [-0.2, -0.15) is 5.10 Å². The average Bonchev–Trinajstić information content (AvgIpc) is 2.79. The normalized spacial score (nSPS) is 23.6. The molecule has 0 unspecified atom stereocenters. The van der Waals surface area contributed by atoms with Crippen LogP contribution in [0.1, 0.15) is 25.0 Å². The number of rotatable bonds is 5. The molecule has 2 amide bonds. The Kier molecular flexibility index (Phi) is 5.42. The molecule has 138 valence electrons. The molecule has 0 saturated carbocycles. The van der Waals surface area contributed by atoms with Crippen molar-refractivity contribution < 1.29 is 9.59 Å². The summed E-state index contributed by atoms with van der Waals surface area (Å²) in [5.41, 5.74) is 1.08. The molecule has 25 heavy (non-hydrogen) atoms. The van der Waals surface area contributed by atoms with Gasteiger partial charge in [-0.05, 0) is 31.7 Å². The van der Waals surface area contributed by atoms with Crippen LogP contribution in [0.25, 0.3) is 0 Å². The fourth-order valence-corrected chi connectivity index (χ4v) is 3.92. The van der Waals surface area contributed by atoms with E-state index < -0.39 is 0 Å². The lowest BCUT2D eigenvalue weighted by Crippen LogP contribution is -2.48. The van der Waals surface area contributed by atoms with Gasteiger partial charge in [0.2, 0.25) is 11.8 Å². The highest BCUT2D eigenvalue weighted by Crippen LogP contribution is 2.28. The van der Waals surface area contributed by atoms with E-state index in [1.807, 2.05) is 17.7 Å². The Morgan fingerprint density at radius 1 is 1.24 bits per heavy atom. The summed E-state index contributed by atoms with van der Waals surface area (Å²) in [4.78, 5) is 30.7. The highest BCUT2D eigenvalue weighted by molar-refractivity contribution is 5.78. The predicted octanol–water partition coefficient (Wildman–Crippen LogP) is 0.593. The largest absolute Gasteiger partial charge is 0.348 e. The molecule has 0 aromatic carbocycles. The first kappa shape index (κ1) is 17.9. The van der Waals surface area contributed by atoms with Crippen LogP contribution in [-0.4, -0.2) is 82.6 Å². The molecule has 3 aliphatic rings. The molecule has 0 radical (unpaired) electrons. The van der Waals surface area contributed by atoms with E-state index in [1.165, 1.54) is 0 Å². The minimum Gasteiger partial charge on any atom is -0.348 e. The number of hydrogen-bond acceptors (Lipinski definition) is 4. The molecule has 0 aliphatic carbocycles. The molecule has 1 aromatic rings. The van der Waals surface area contributed by atoms with Crippen molar-refractivity contribution in [1.82, 2.24) is 24.5 Å². The van der Waals surface area contributed by atoms with Crippen LogP contribution in [0, 0.1) is 12.8 Å². The standard InChI is InChI=1S/C18H29N5O2/c1-14-6-8-19-23(14)9-7-17(24)22-11-15-4-5-16(22)12-21(10-15)13-18(25)20(2)3/h6,8,15-16H,4-5,7,9-13H2,1-3H3/t15-,16+/m1/s1. The minimum atomic E-state index is 0.133. The maximum atomic E-state index is 12.8. The predicted molar refractivity (Wildman–Crippen MR) is 94.9 cm³/mol. The Morgan fingerprint density at radius 2 is 2.04 bits per heavy atom. The molecule has 0 N–H and O–H groups in total. The summed E-state index contributed by atoms with van der Waals surface area (Å²) in [6.45, 7) is 5.64. The van der Waals surface area contributed by atoms with Gasteiger partial charge in [-0.1, -0.05) is 0 Å². The van der Waals surface area contributed by atoms with Crippen molar-refractivity contribution in [2.24, 2.45) is 5.92 Å². The molecular weight excluding hydrogens is 318 g/mol. The van der Waals surface area contributed by atoms with E-state index in [2.05, 4.69) is 14.9 Å². The van der Waals surface area contributed by atoms with E-state index >= 15 is 0 Å². The molecule has 7 nitrogen and oxygen atoms in total. The molecule has 3 aliphatic heterocycles. The van der Waals surface area contributed by atoms with E-state index in [9.17, 15) is 9.59 Å². The van der Waals surface area contributed by atoms with Gasteiger partial charge in [0.15, 0.2) is 0 Å². The van der Waals surface area contributed by atoms with Crippen molar-refractivity contribution in [2.45, 2.75) is 38.8 Å². The van der Waals surface area contributed by atoms with Crippen molar-refractivity contribution in [3.8, 4) is 0 Å². The molecule has 2 bridgehead atoms. The fourth-order valence-electron chi connectivity index (χ4n) is 3.92. The van der Waals surface area contributed by atoms with Gasteiger partial charge in [0.05, 0.1) is 6.54 Å². The van der Waals surface area contributed by atoms with Crippen LogP contribution in [0.15, 0.2) is 12.3 Å². The minimum absolute atomic E-state index is 0.133. The van der Waals surface area contributed by atoms with Crippen molar-refractivity contribution >= 4 is 11.8 Å². The first-order chi connectivity index (χ1) is 11.9. The third-order valence-corrected chi connectivity index (χ3v) is 5.43. The maximum absolute atomic E-state index is 12.8. The SMILES string of the molecule is Cc1ccnn1CCC(=O)N1C[C@@H]2CC[C@H]1CN(CC(=O)N(C)C)C2. The highest BCUT2D eigenvalue weighted by atomic mass is 16.2. The van der Waals surface area contributed by atoms with Gasteiger partial charge < -0.3 is 9.80 Å². The number of likely N-dealkylation sites (N-methyl/N-ethyl adjacent to an activating group) is 1. The van der Waals surface area contributed by atoms with E-state index in [1.54, 1.807) is 25.2 Å². The number of amides is 2. The van der Waals surface area contributed by atoms with Gasteiger partial charge in [-0.25, -0.2) is 0 Å². The molecule has 2 atom stereocenters. The first-order valence-corrected chi connectivity index (χ1v) is 9.14. The average molecular weight is 347 g/mol. The number of fused-ring (bicyclic) bond motifs is 4. The van der Waals surface area contributed by atoms with Gasteiger partial charge in [0, 0.05) is 64.6 Å². The summed E-state index contributed by atoms with van der Waals surface area (Å²) >= 11 is 0. The number of hydrogen-bond donors (Lipinski definition) is 0. The van der Waals surface area contributed by atoms with Crippen molar-refractivity contribution in [1.29, 1.82) is 0 Å². The first-order valence-electron chi connectivity index (χ1n) is 9.14. The van der Waals surface area contributed by atoms with Crippen LogP contribution >= 0.6 is 0 Å². The van der Waals surface area contributed by atoms with Crippen LogP contribution in [0.4, 0.5) is 0 Å². The van der Waals surface area contributed by atoms with Crippen molar-refractivity contribution in [3.63, 3.8) is 0 Å². The fraction of sp³-hybridized carbons (Fsp3) is 0.722. The van der Waals surface area contributed by atoms with E-state index in [4.69, 9.17) is 0 Å². The Labute approximate surface area is 149 Å². The molecule has 4 rings (SSSR count). The second kappa shape index (κ2) is 7.56. The van der Waals surface area contributed by atoms with Crippen LogP contribution in [0.3, 0.4) is 0 Å². The third-order valence-electron chi connectivity index (χ3n) is 5.43. The maximum Gasteiger partial charge on any atom is 0.236 e. The quantitative estimate of drug-likeness (QED) is 0.782. The number of nitrogens with zero attached hydrogens (tertiary/aromatic N) is 5. The lowest BCUT2D eigenvalue weighted by atomic mass is 9.94. The zero-order valence-electron chi connectivity index (χ0n) is 15.5.